The molecule has 4 heterocycles. The lowest BCUT2D eigenvalue weighted by Gasteiger charge is -2.39. The fourth-order valence-electron chi connectivity index (χ4n) is 4.01. The molecule has 5 rings (SSSR count). The number of nitrogens with zero attached hydrogens (tertiary/aromatic N) is 6. The largest absolute Gasteiger partial charge is 0.297 e. The number of aromatic nitrogens is 5. The molecule has 7 heteroatoms. The second-order valence-corrected chi connectivity index (χ2v) is 8.07. The van der Waals surface area contributed by atoms with Crippen molar-refractivity contribution in [1.29, 1.82) is 0 Å². The van der Waals surface area contributed by atoms with Crippen LogP contribution in [0.4, 0.5) is 0 Å². The van der Waals surface area contributed by atoms with Gasteiger partial charge in [-0.25, -0.2) is 14.6 Å². The van der Waals surface area contributed by atoms with Gasteiger partial charge in [-0.05, 0) is 37.1 Å². The minimum Gasteiger partial charge on any atom is -0.297 e. The van der Waals surface area contributed by atoms with Gasteiger partial charge in [-0.3, -0.25) is 14.7 Å². The van der Waals surface area contributed by atoms with Crippen molar-refractivity contribution < 1.29 is 0 Å². The van der Waals surface area contributed by atoms with Gasteiger partial charge >= 0.3 is 0 Å². The van der Waals surface area contributed by atoms with Crippen LogP contribution < -0.4 is 5.56 Å². The molecule has 1 aliphatic heterocycles. The Morgan fingerprint density at radius 3 is 2.72 bits per heavy atom. The summed E-state index contributed by atoms with van der Waals surface area (Å²) in [5, 5.41) is 4.55. The third kappa shape index (κ3) is 3.96. The zero-order chi connectivity index (χ0) is 19.6. The number of pyridine rings is 1. The number of rotatable bonds is 6. The summed E-state index contributed by atoms with van der Waals surface area (Å²) in [5.74, 6) is 2.00. The minimum absolute atomic E-state index is 0.0583. The zero-order valence-corrected chi connectivity index (χ0v) is 16.3. The molecule has 3 aromatic rings. The van der Waals surface area contributed by atoms with Crippen LogP contribution in [0.3, 0.4) is 0 Å². The lowest BCUT2D eigenvalue weighted by atomic mass is 9.85. The molecular weight excluding hydrogens is 364 g/mol. The maximum Gasteiger partial charge on any atom is 0.266 e. The van der Waals surface area contributed by atoms with E-state index < -0.39 is 0 Å². The van der Waals surface area contributed by atoms with Crippen molar-refractivity contribution in [3.8, 4) is 11.3 Å². The van der Waals surface area contributed by atoms with Crippen LogP contribution in [0.15, 0.2) is 53.7 Å². The van der Waals surface area contributed by atoms with E-state index >= 15 is 0 Å². The smallest absolute Gasteiger partial charge is 0.266 e. The Morgan fingerprint density at radius 2 is 1.97 bits per heavy atom. The number of hydrogen-bond donors (Lipinski definition) is 0. The van der Waals surface area contributed by atoms with Gasteiger partial charge in [0.25, 0.3) is 5.56 Å². The first kappa shape index (κ1) is 18.1. The maximum atomic E-state index is 12.2. The molecule has 2 fully saturated rings. The molecule has 2 aliphatic rings. The number of likely N-dealkylation sites (tertiary alicyclic amines) is 1. The SMILES string of the molecule is O=c1ccc(-c2cccnc2)nn1CC1CN(Cc2ccnc(C3CCC3)n2)C1. The fourth-order valence-corrected chi connectivity index (χ4v) is 4.01. The molecular formula is C22H24N6O. The second-order valence-electron chi connectivity index (χ2n) is 8.07. The average molecular weight is 388 g/mol. The molecule has 29 heavy (non-hydrogen) atoms. The van der Waals surface area contributed by atoms with Crippen molar-refractivity contribution >= 4 is 0 Å². The molecule has 3 aromatic heterocycles. The van der Waals surface area contributed by atoms with Gasteiger partial charge in [-0.2, -0.15) is 5.10 Å². The van der Waals surface area contributed by atoms with Crippen LogP contribution in [0, 0.1) is 5.92 Å². The van der Waals surface area contributed by atoms with Gasteiger partial charge in [0.15, 0.2) is 0 Å². The van der Waals surface area contributed by atoms with Gasteiger partial charge in [0, 0.05) is 61.7 Å². The first-order valence-corrected chi connectivity index (χ1v) is 10.3. The first-order valence-electron chi connectivity index (χ1n) is 10.3. The van der Waals surface area contributed by atoms with Crippen LogP contribution in [0.2, 0.25) is 0 Å². The van der Waals surface area contributed by atoms with E-state index in [0.29, 0.717) is 18.4 Å². The van der Waals surface area contributed by atoms with Crippen LogP contribution in [-0.4, -0.2) is 42.7 Å². The molecule has 0 atom stereocenters. The Morgan fingerprint density at radius 1 is 1.07 bits per heavy atom. The Bertz CT molecular complexity index is 1040. The molecule has 1 saturated heterocycles. The monoisotopic (exact) mass is 388 g/mol. The van der Waals surface area contributed by atoms with Gasteiger partial charge < -0.3 is 0 Å². The molecule has 0 unspecified atom stereocenters. The van der Waals surface area contributed by atoms with Gasteiger partial charge in [0.05, 0.1) is 17.9 Å². The summed E-state index contributed by atoms with van der Waals surface area (Å²) in [5.41, 5.74) is 2.73. The third-order valence-electron chi connectivity index (χ3n) is 5.88. The average Bonchev–Trinajstić information content (AvgIpc) is 2.67. The molecule has 1 aliphatic carbocycles. The second kappa shape index (κ2) is 7.83. The normalized spacial score (nSPS) is 17.7. The van der Waals surface area contributed by atoms with Gasteiger partial charge in [0.2, 0.25) is 0 Å². The molecule has 7 nitrogen and oxygen atoms in total. The Hall–Kier alpha value is -2.93. The van der Waals surface area contributed by atoms with Crippen molar-refractivity contribution in [2.75, 3.05) is 13.1 Å². The topological polar surface area (TPSA) is 76.8 Å². The van der Waals surface area contributed by atoms with E-state index in [1.54, 1.807) is 29.2 Å². The van der Waals surface area contributed by atoms with E-state index in [9.17, 15) is 4.79 Å². The van der Waals surface area contributed by atoms with Crippen LogP contribution in [-0.2, 0) is 13.1 Å². The minimum atomic E-state index is -0.0583. The lowest BCUT2D eigenvalue weighted by molar-refractivity contribution is 0.0753. The van der Waals surface area contributed by atoms with E-state index in [0.717, 1.165) is 42.4 Å². The molecule has 0 N–H and O–H groups in total. The number of hydrogen-bond acceptors (Lipinski definition) is 6. The third-order valence-corrected chi connectivity index (χ3v) is 5.88. The summed E-state index contributed by atoms with van der Waals surface area (Å²) in [6.45, 7) is 3.39. The molecule has 0 bridgehead atoms. The maximum absolute atomic E-state index is 12.2. The highest BCUT2D eigenvalue weighted by molar-refractivity contribution is 5.56. The predicted octanol–water partition coefficient (Wildman–Crippen LogP) is 2.49. The van der Waals surface area contributed by atoms with Gasteiger partial charge in [-0.15, -0.1) is 0 Å². The highest BCUT2D eigenvalue weighted by atomic mass is 16.1. The van der Waals surface area contributed by atoms with Gasteiger partial charge in [-0.1, -0.05) is 6.42 Å². The molecule has 0 spiro atoms. The van der Waals surface area contributed by atoms with E-state index in [2.05, 4.69) is 20.0 Å². The van der Waals surface area contributed by atoms with Crippen molar-refractivity contribution in [2.45, 2.75) is 38.3 Å². The van der Waals surface area contributed by atoms with E-state index in [-0.39, 0.29) is 5.56 Å². The molecule has 0 radical (unpaired) electrons. The highest BCUT2D eigenvalue weighted by Gasteiger charge is 2.28. The van der Waals surface area contributed by atoms with Gasteiger partial charge in [0.1, 0.15) is 5.82 Å². The van der Waals surface area contributed by atoms with Crippen molar-refractivity contribution in [3.05, 3.63) is 70.8 Å². The summed E-state index contributed by atoms with van der Waals surface area (Å²) in [6, 6.07) is 9.19. The van der Waals surface area contributed by atoms with Crippen LogP contribution in [0.25, 0.3) is 11.3 Å². The first-order chi connectivity index (χ1) is 14.2. The molecule has 148 valence electrons. The molecule has 0 aromatic carbocycles. The molecule has 0 amide bonds. The highest BCUT2D eigenvalue weighted by Crippen LogP contribution is 2.34. The predicted molar refractivity (Wildman–Crippen MR) is 109 cm³/mol. The lowest BCUT2D eigenvalue weighted by Crippen LogP contribution is -2.49. The van der Waals surface area contributed by atoms with Crippen LogP contribution in [0.5, 0.6) is 0 Å². The standard InChI is InChI=1S/C22H24N6O/c29-21-7-6-20(18-5-2-9-23-11-18)26-28(21)14-16-12-27(13-16)15-19-8-10-24-22(25-19)17-3-1-4-17/h2,5-11,16-17H,1,3-4,12-15H2. The summed E-state index contributed by atoms with van der Waals surface area (Å²) >= 11 is 0. The van der Waals surface area contributed by atoms with Crippen LogP contribution in [0.1, 0.15) is 36.7 Å². The van der Waals surface area contributed by atoms with Crippen LogP contribution >= 0.6 is 0 Å². The van der Waals surface area contributed by atoms with E-state index in [4.69, 9.17) is 4.98 Å². The van der Waals surface area contributed by atoms with Crippen molar-refractivity contribution in [3.63, 3.8) is 0 Å². The van der Waals surface area contributed by atoms with Crippen molar-refractivity contribution in [2.24, 2.45) is 5.92 Å². The zero-order valence-electron chi connectivity index (χ0n) is 16.3. The fraction of sp³-hybridized carbons (Fsp3) is 0.409. The Labute approximate surface area is 169 Å². The van der Waals surface area contributed by atoms with E-state index in [1.165, 1.54) is 19.3 Å². The summed E-state index contributed by atoms with van der Waals surface area (Å²) in [7, 11) is 0. The summed E-state index contributed by atoms with van der Waals surface area (Å²) in [4.78, 5) is 27.9. The Balaban J connectivity index is 1.19. The quantitative estimate of drug-likeness (QED) is 0.646. The molecule has 1 saturated carbocycles. The summed E-state index contributed by atoms with van der Waals surface area (Å²) in [6.07, 6.45) is 9.11. The van der Waals surface area contributed by atoms with E-state index in [1.807, 2.05) is 24.4 Å². The summed E-state index contributed by atoms with van der Waals surface area (Å²) < 4.78 is 1.59. The van der Waals surface area contributed by atoms with Crippen molar-refractivity contribution in [1.82, 2.24) is 29.6 Å². The Kier molecular flexibility index (Phi) is 4.89.